The molecule has 0 fully saturated rings. The summed E-state index contributed by atoms with van der Waals surface area (Å²) in [5.74, 6) is -1.15. The van der Waals surface area contributed by atoms with Crippen LogP contribution in [0.4, 0.5) is 5.69 Å². The van der Waals surface area contributed by atoms with Gasteiger partial charge in [-0.3, -0.25) is 19.2 Å². The predicted octanol–water partition coefficient (Wildman–Crippen LogP) is 2.97. The van der Waals surface area contributed by atoms with Crippen molar-refractivity contribution in [2.75, 3.05) is 25.0 Å². The van der Waals surface area contributed by atoms with Crippen LogP contribution in [0.25, 0.3) is 0 Å². The van der Waals surface area contributed by atoms with E-state index < -0.39 is 5.91 Å². The Kier molecular flexibility index (Phi) is 9.64. The highest BCUT2D eigenvalue weighted by Crippen LogP contribution is 2.11. The van der Waals surface area contributed by atoms with Crippen LogP contribution in [-0.4, -0.2) is 48.2 Å². The largest absolute Gasteiger partial charge is 0.466 e. The van der Waals surface area contributed by atoms with Gasteiger partial charge in [0.05, 0.1) is 13.0 Å². The zero-order valence-corrected chi connectivity index (χ0v) is 16.9. The molecular formula is C21H28N2O5. The van der Waals surface area contributed by atoms with Gasteiger partial charge in [-0.2, -0.15) is 0 Å². The van der Waals surface area contributed by atoms with E-state index in [9.17, 15) is 19.2 Å². The molecule has 0 heterocycles. The van der Waals surface area contributed by atoms with Crippen LogP contribution in [0.2, 0.25) is 0 Å². The predicted molar refractivity (Wildman–Crippen MR) is 107 cm³/mol. The van der Waals surface area contributed by atoms with E-state index >= 15 is 0 Å². The molecule has 1 rings (SSSR count). The summed E-state index contributed by atoms with van der Waals surface area (Å²) in [6.45, 7) is 7.71. The van der Waals surface area contributed by atoms with Gasteiger partial charge in [-0.25, -0.2) is 0 Å². The summed E-state index contributed by atoms with van der Waals surface area (Å²) in [6, 6.07) is 6.50. The lowest BCUT2D eigenvalue weighted by Gasteiger charge is -2.22. The summed E-state index contributed by atoms with van der Waals surface area (Å²) in [6.07, 6.45) is 2.08. The van der Waals surface area contributed by atoms with Gasteiger partial charge >= 0.3 is 5.97 Å². The van der Waals surface area contributed by atoms with Gasteiger partial charge in [-0.15, -0.1) is 0 Å². The first-order valence-corrected chi connectivity index (χ1v) is 9.33. The van der Waals surface area contributed by atoms with Crippen LogP contribution in [0, 0.1) is 0 Å². The minimum atomic E-state index is -0.441. The van der Waals surface area contributed by atoms with Gasteiger partial charge in [0.2, 0.25) is 11.8 Å². The summed E-state index contributed by atoms with van der Waals surface area (Å²) >= 11 is 0. The number of esters is 1. The van der Waals surface area contributed by atoms with E-state index in [-0.39, 0.29) is 36.2 Å². The fourth-order valence-electron chi connectivity index (χ4n) is 2.52. The third-order valence-corrected chi connectivity index (χ3v) is 3.92. The van der Waals surface area contributed by atoms with E-state index in [1.807, 2.05) is 6.92 Å². The summed E-state index contributed by atoms with van der Waals surface area (Å²) in [4.78, 5) is 49.1. The molecule has 7 heteroatoms. The summed E-state index contributed by atoms with van der Waals surface area (Å²) < 4.78 is 4.89. The standard InChI is InChI=1S/C21H28N2O5/c1-5-12-23(13-11-20(26)28-6-2)21(27)15(3)14-19(25)22-18-9-7-17(8-10-18)16(4)24/h7-10,14H,5-6,11-13H2,1-4H3,(H,22,25)/b15-14+. The van der Waals surface area contributed by atoms with Crippen molar-refractivity contribution in [2.45, 2.75) is 40.5 Å². The SMILES string of the molecule is CCCN(CCC(=O)OCC)C(=O)/C(C)=C/C(=O)Nc1ccc(C(C)=O)cc1. The van der Waals surface area contributed by atoms with Crippen molar-refractivity contribution in [1.29, 1.82) is 0 Å². The second kappa shape index (κ2) is 11.7. The summed E-state index contributed by atoms with van der Waals surface area (Å²) in [5.41, 5.74) is 1.35. The third-order valence-electron chi connectivity index (χ3n) is 3.92. The Morgan fingerprint density at radius 2 is 1.68 bits per heavy atom. The molecule has 152 valence electrons. The average Bonchev–Trinajstić information content (AvgIpc) is 2.65. The maximum atomic E-state index is 12.6. The van der Waals surface area contributed by atoms with E-state index in [0.717, 1.165) is 6.42 Å². The number of hydrogen-bond acceptors (Lipinski definition) is 5. The van der Waals surface area contributed by atoms with Crippen molar-refractivity contribution in [3.63, 3.8) is 0 Å². The second-order valence-electron chi connectivity index (χ2n) is 6.30. The van der Waals surface area contributed by atoms with E-state index in [4.69, 9.17) is 4.74 Å². The summed E-state index contributed by atoms with van der Waals surface area (Å²) in [7, 11) is 0. The summed E-state index contributed by atoms with van der Waals surface area (Å²) in [5, 5.41) is 2.66. The van der Waals surface area contributed by atoms with Crippen LogP contribution in [-0.2, 0) is 19.1 Å². The molecule has 0 bridgehead atoms. The van der Waals surface area contributed by atoms with E-state index in [0.29, 0.717) is 24.4 Å². The number of ketones is 1. The molecule has 0 radical (unpaired) electrons. The number of hydrogen-bond donors (Lipinski definition) is 1. The molecule has 0 aromatic heterocycles. The van der Waals surface area contributed by atoms with Gasteiger partial charge < -0.3 is 15.0 Å². The Balaban J connectivity index is 2.73. The first-order valence-electron chi connectivity index (χ1n) is 9.33. The molecule has 0 atom stereocenters. The molecule has 1 N–H and O–H groups in total. The van der Waals surface area contributed by atoms with Gasteiger partial charge in [0.25, 0.3) is 0 Å². The highest BCUT2D eigenvalue weighted by molar-refractivity contribution is 6.06. The normalized spacial score (nSPS) is 10.9. The third kappa shape index (κ3) is 7.73. The van der Waals surface area contributed by atoms with Crippen LogP contribution < -0.4 is 5.32 Å². The molecule has 0 saturated heterocycles. The quantitative estimate of drug-likeness (QED) is 0.378. The van der Waals surface area contributed by atoms with Gasteiger partial charge in [0, 0.05) is 36.0 Å². The molecule has 28 heavy (non-hydrogen) atoms. The van der Waals surface area contributed by atoms with Crippen molar-refractivity contribution < 1.29 is 23.9 Å². The molecule has 0 unspecified atom stereocenters. The van der Waals surface area contributed by atoms with E-state index in [2.05, 4.69) is 5.32 Å². The van der Waals surface area contributed by atoms with Crippen molar-refractivity contribution in [3.05, 3.63) is 41.5 Å². The number of nitrogens with zero attached hydrogens (tertiary/aromatic N) is 1. The van der Waals surface area contributed by atoms with Gasteiger partial charge in [0.15, 0.2) is 5.78 Å². The first-order chi connectivity index (χ1) is 13.3. The molecular weight excluding hydrogens is 360 g/mol. The fraction of sp³-hybridized carbons (Fsp3) is 0.429. The van der Waals surface area contributed by atoms with Crippen LogP contribution in [0.15, 0.2) is 35.9 Å². The van der Waals surface area contributed by atoms with Crippen LogP contribution in [0.3, 0.4) is 0 Å². The monoisotopic (exact) mass is 388 g/mol. The average molecular weight is 388 g/mol. The Morgan fingerprint density at radius 1 is 1.04 bits per heavy atom. The highest BCUT2D eigenvalue weighted by atomic mass is 16.5. The molecule has 1 aromatic carbocycles. The lowest BCUT2D eigenvalue weighted by molar-refractivity contribution is -0.143. The number of carbonyl (C=O) groups excluding carboxylic acids is 4. The minimum Gasteiger partial charge on any atom is -0.466 e. The second-order valence-corrected chi connectivity index (χ2v) is 6.30. The van der Waals surface area contributed by atoms with E-state index in [1.54, 1.807) is 38.1 Å². The molecule has 0 saturated carbocycles. The Hall–Kier alpha value is -2.96. The lowest BCUT2D eigenvalue weighted by Crippen LogP contribution is -2.34. The Morgan fingerprint density at radius 3 is 2.21 bits per heavy atom. The molecule has 7 nitrogen and oxygen atoms in total. The molecule has 0 spiro atoms. The number of rotatable bonds is 10. The number of amides is 2. The maximum absolute atomic E-state index is 12.6. The molecule has 2 amide bonds. The Bertz CT molecular complexity index is 738. The van der Waals surface area contributed by atoms with E-state index in [1.165, 1.54) is 17.9 Å². The molecule has 0 aliphatic rings. The van der Waals surface area contributed by atoms with Crippen molar-refractivity contribution in [2.24, 2.45) is 0 Å². The Labute approximate surface area is 165 Å². The molecule has 1 aromatic rings. The molecule has 0 aliphatic carbocycles. The van der Waals surface area contributed by atoms with Crippen LogP contribution >= 0.6 is 0 Å². The maximum Gasteiger partial charge on any atom is 0.307 e. The van der Waals surface area contributed by atoms with Crippen LogP contribution in [0.1, 0.15) is 50.9 Å². The van der Waals surface area contributed by atoms with Crippen molar-refractivity contribution in [3.8, 4) is 0 Å². The number of anilines is 1. The first kappa shape index (κ1) is 23.1. The molecule has 0 aliphatic heterocycles. The number of Topliss-reactive ketones (excluding diaryl/α,β-unsaturated/α-hetero) is 1. The number of carbonyl (C=O) groups is 4. The van der Waals surface area contributed by atoms with Gasteiger partial charge in [0.1, 0.15) is 0 Å². The van der Waals surface area contributed by atoms with Gasteiger partial charge in [-0.1, -0.05) is 6.92 Å². The van der Waals surface area contributed by atoms with Crippen molar-refractivity contribution in [1.82, 2.24) is 4.90 Å². The van der Waals surface area contributed by atoms with Crippen LogP contribution in [0.5, 0.6) is 0 Å². The lowest BCUT2D eigenvalue weighted by atomic mass is 10.1. The topological polar surface area (TPSA) is 92.8 Å². The number of benzene rings is 1. The zero-order valence-electron chi connectivity index (χ0n) is 16.9. The van der Waals surface area contributed by atoms with Crippen molar-refractivity contribution >= 4 is 29.3 Å². The number of ether oxygens (including phenoxy) is 1. The fourth-order valence-corrected chi connectivity index (χ4v) is 2.52. The van der Waals surface area contributed by atoms with Gasteiger partial charge in [-0.05, 0) is 51.5 Å². The number of nitrogens with one attached hydrogen (secondary N) is 1. The smallest absolute Gasteiger partial charge is 0.307 e. The minimum absolute atomic E-state index is 0.0574. The zero-order chi connectivity index (χ0) is 21.1. The highest BCUT2D eigenvalue weighted by Gasteiger charge is 2.17.